The van der Waals surface area contributed by atoms with Gasteiger partial charge in [-0.3, -0.25) is 18.9 Å². The maximum absolute atomic E-state index is 13.5. The van der Waals surface area contributed by atoms with Gasteiger partial charge in [0, 0.05) is 18.3 Å². The van der Waals surface area contributed by atoms with Crippen molar-refractivity contribution in [3.63, 3.8) is 0 Å². The van der Waals surface area contributed by atoms with E-state index in [0.29, 0.717) is 11.6 Å². The molecule has 2 aliphatic rings. The second-order valence-corrected chi connectivity index (χ2v) is 9.65. The fourth-order valence-corrected chi connectivity index (χ4v) is 5.18. The lowest BCUT2D eigenvalue weighted by molar-refractivity contribution is 0.271. The molecule has 2 saturated carbocycles. The van der Waals surface area contributed by atoms with E-state index in [4.69, 9.17) is 0 Å². The molecule has 2 fully saturated rings. The maximum atomic E-state index is 13.5. The van der Waals surface area contributed by atoms with Crippen LogP contribution >= 0.6 is 0 Å². The van der Waals surface area contributed by atoms with E-state index >= 15 is 0 Å². The molecule has 2 aromatic rings. The summed E-state index contributed by atoms with van der Waals surface area (Å²) in [6.45, 7) is 4.27. The lowest BCUT2D eigenvalue weighted by Gasteiger charge is -2.29. The highest BCUT2D eigenvalue weighted by molar-refractivity contribution is 5.84. The van der Waals surface area contributed by atoms with E-state index in [9.17, 15) is 14.7 Å². The van der Waals surface area contributed by atoms with Crippen molar-refractivity contribution in [2.75, 3.05) is 0 Å². The molecule has 2 aliphatic carbocycles. The van der Waals surface area contributed by atoms with Gasteiger partial charge in [0.05, 0.1) is 5.69 Å². The van der Waals surface area contributed by atoms with Crippen LogP contribution in [0.4, 0.5) is 5.69 Å². The van der Waals surface area contributed by atoms with Crippen molar-refractivity contribution in [3.8, 4) is 5.88 Å². The fraction of sp³-hybridized carbons (Fsp3) is 0.577. The van der Waals surface area contributed by atoms with Crippen molar-refractivity contribution in [3.05, 3.63) is 56.2 Å². The first kappa shape index (κ1) is 22.6. The van der Waals surface area contributed by atoms with E-state index in [-0.39, 0.29) is 29.2 Å². The first-order chi connectivity index (χ1) is 15.5. The topological polar surface area (TPSA) is 76.6 Å². The molecule has 0 atom stereocenters. The number of nitrogens with zero attached hydrogens (tertiary/aromatic N) is 3. The Hall–Kier alpha value is -2.63. The van der Waals surface area contributed by atoms with Crippen LogP contribution in [0.1, 0.15) is 107 Å². The molecule has 0 saturated heterocycles. The molecule has 1 aromatic heterocycles. The van der Waals surface area contributed by atoms with Crippen LogP contribution < -0.4 is 11.2 Å². The maximum Gasteiger partial charge on any atom is 0.334 e. The van der Waals surface area contributed by atoms with Crippen LogP contribution in [0, 0.1) is 0 Å². The van der Waals surface area contributed by atoms with Gasteiger partial charge in [0.25, 0.3) is 5.56 Å². The van der Waals surface area contributed by atoms with Crippen molar-refractivity contribution in [1.29, 1.82) is 0 Å². The Labute approximate surface area is 189 Å². The minimum Gasteiger partial charge on any atom is -0.494 e. The number of aromatic nitrogens is 2. The molecule has 0 unspecified atom stereocenters. The molecule has 6 heteroatoms. The first-order valence-electron chi connectivity index (χ1n) is 12.2. The van der Waals surface area contributed by atoms with Crippen LogP contribution in [0.15, 0.2) is 38.8 Å². The number of hydrogen-bond donors (Lipinski definition) is 1. The van der Waals surface area contributed by atoms with Crippen LogP contribution in [0.3, 0.4) is 0 Å². The van der Waals surface area contributed by atoms with Crippen LogP contribution in [-0.4, -0.2) is 20.5 Å². The van der Waals surface area contributed by atoms with Gasteiger partial charge in [0.15, 0.2) is 0 Å². The van der Waals surface area contributed by atoms with Gasteiger partial charge in [0.1, 0.15) is 5.56 Å². The normalized spacial score (nSPS) is 18.6. The number of aliphatic imine (C=N–C) groups is 1. The monoisotopic (exact) mass is 437 g/mol. The number of rotatable bonds is 5. The van der Waals surface area contributed by atoms with Gasteiger partial charge in [-0.15, -0.1) is 0 Å². The zero-order valence-corrected chi connectivity index (χ0v) is 19.3. The predicted molar refractivity (Wildman–Crippen MR) is 129 cm³/mol. The molecule has 0 aliphatic heterocycles. The molecule has 1 N–H and O–H groups in total. The zero-order chi connectivity index (χ0) is 22.7. The highest BCUT2D eigenvalue weighted by atomic mass is 16.3. The smallest absolute Gasteiger partial charge is 0.334 e. The molecule has 172 valence electrons. The van der Waals surface area contributed by atoms with Crippen molar-refractivity contribution >= 4 is 11.9 Å². The zero-order valence-electron chi connectivity index (χ0n) is 19.3. The van der Waals surface area contributed by atoms with E-state index < -0.39 is 5.56 Å². The van der Waals surface area contributed by atoms with Crippen molar-refractivity contribution in [2.24, 2.45) is 4.99 Å². The second-order valence-electron chi connectivity index (χ2n) is 9.65. The van der Waals surface area contributed by atoms with Gasteiger partial charge >= 0.3 is 5.69 Å². The molecule has 0 radical (unpaired) electrons. The molecule has 4 rings (SSSR count). The lowest BCUT2D eigenvalue weighted by atomic mass is 9.94. The van der Waals surface area contributed by atoms with E-state index in [1.807, 2.05) is 24.3 Å². The standard InChI is InChI=1S/C26H35N3O3/c1-18(2)19-13-15-20(16-14-19)27-17-23-24(30)28(21-9-5-3-6-10-21)26(32)29(25(23)31)22-11-7-4-8-12-22/h13-18,21-22,30H,3-12H2,1-2H3. The molecular formula is C26H35N3O3. The Morgan fingerprint density at radius 1 is 0.875 bits per heavy atom. The van der Waals surface area contributed by atoms with Gasteiger partial charge in [-0.1, -0.05) is 64.5 Å². The molecular weight excluding hydrogens is 402 g/mol. The predicted octanol–water partition coefficient (Wildman–Crippen LogP) is 5.60. The van der Waals surface area contributed by atoms with Gasteiger partial charge < -0.3 is 5.11 Å². The number of hydrogen-bond acceptors (Lipinski definition) is 4. The van der Waals surface area contributed by atoms with E-state index in [1.165, 1.54) is 20.9 Å². The summed E-state index contributed by atoms with van der Waals surface area (Å²) >= 11 is 0. The Morgan fingerprint density at radius 2 is 1.41 bits per heavy atom. The third-order valence-electron chi connectivity index (χ3n) is 7.11. The minimum absolute atomic E-state index is 0.0656. The molecule has 0 amide bonds. The quantitative estimate of drug-likeness (QED) is 0.619. The highest BCUT2D eigenvalue weighted by Gasteiger charge is 2.28. The van der Waals surface area contributed by atoms with Crippen LogP contribution in [0.5, 0.6) is 5.88 Å². The van der Waals surface area contributed by atoms with Crippen LogP contribution in [0.25, 0.3) is 0 Å². The molecule has 32 heavy (non-hydrogen) atoms. The Bertz CT molecular complexity index is 1070. The summed E-state index contributed by atoms with van der Waals surface area (Å²) in [5, 5.41) is 11.1. The van der Waals surface area contributed by atoms with Gasteiger partial charge in [0.2, 0.25) is 5.88 Å². The van der Waals surface area contributed by atoms with Crippen LogP contribution in [-0.2, 0) is 0 Å². The minimum atomic E-state index is -0.422. The summed E-state index contributed by atoms with van der Waals surface area (Å²) in [7, 11) is 0. The SMILES string of the molecule is CC(C)c1ccc(N=Cc2c(O)n(C3CCCCC3)c(=O)n(C3CCCCC3)c2=O)cc1. The summed E-state index contributed by atoms with van der Waals surface area (Å²) < 4.78 is 2.90. The fourth-order valence-electron chi connectivity index (χ4n) is 5.18. The largest absolute Gasteiger partial charge is 0.494 e. The Morgan fingerprint density at radius 3 is 1.94 bits per heavy atom. The average Bonchev–Trinajstić information content (AvgIpc) is 2.80. The van der Waals surface area contributed by atoms with E-state index in [1.54, 1.807) is 0 Å². The number of benzene rings is 1. The summed E-state index contributed by atoms with van der Waals surface area (Å²) in [5.41, 5.74) is 1.28. The van der Waals surface area contributed by atoms with Crippen molar-refractivity contribution < 1.29 is 5.11 Å². The summed E-state index contributed by atoms with van der Waals surface area (Å²) in [5.74, 6) is 0.195. The van der Waals surface area contributed by atoms with Gasteiger partial charge in [-0.25, -0.2) is 4.79 Å². The lowest BCUT2D eigenvalue weighted by Crippen LogP contribution is -2.45. The van der Waals surface area contributed by atoms with Crippen molar-refractivity contribution in [2.45, 2.75) is 96.1 Å². The summed E-state index contributed by atoms with van der Waals surface area (Å²) in [6.07, 6.45) is 11.2. The van der Waals surface area contributed by atoms with Crippen LogP contribution in [0.2, 0.25) is 0 Å². The molecule has 0 bridgehead atoms. The first-order valence-corrected chi connectivity index (χ1v) is 12.2. The molecule has 1 heterocycles. The average molecular weight is 438 g/mol. The van der Waals surface area contributed by atoms with E-state index in [0.717, 1.165) is 64.2 Å². The summed E-state index contributed by atoms with van der Waals surface area (Å²) in [6, 6.07) is 7.72. The van der Waals surface area contributed by atoms with E-state index in [2.05, 4.69) is 18.8 Å². The number of aromatic hydroxyl groups is 1. The molecule has 0 spiro atoms. The molecule has 6 nitrogen and oxygen atoms in total. The van der Waals surface area contributed by atoms with Crippen molar-refractivity contribution in [1.82, 2.24) is 9.13 Å². The second kappa shape index (κ2) is 9.88. The summed E-state index contributed by atoms with van der Waals surface area (Å²) in [4.78, 5) is 31.4. The Balaban J connectivity index is 1.79. The van der Waals surface area contributed by atoms with Gasteiger partial charge in [-0.2, -0.15) is 0 Å². The third kappa shape index (κ3) is 4.59. The highest BCUT2D eigenvalue weighted by Crippen LogP contribution is 2.32. The Kier molecular flexibility index (Phi) is 6.97. The molecule has 1 aromatic carbocycles. The van der Waals surface area contributed by atoms with Gasteiger partial charge in [-0.05, 0) is 49.3 Å². The third-order valence-corrected chi connectivity index (χ3v) is 7.11.